The molecule has 0 amide bonds. The summed E-state index contributed by atoms with van der Waals surface area (Å²) in [6, 6.07) is 11.2. The second-order valence-electron chi connectivity index (χ2n) is 4.71. The summed E-state index contributed by atoms with van der Waals surface area (Å²) in [5.74, 6) is -2.33. The number of nitro benzene ring substituents is 1. The fraction of sp³-hybridized carbons (Fsp3) is 0.125. The van der Waals surface area contributed by atoms with Crippen molar-refractivity contribution >= 4 is 17.6 Å². The number of nitro groups is 1. The lowest BCUT2D eigenvalue weighted by molar-refractivity contribution is -0.386. The number of hydrogen-bond donors (Lipinski definition) is 1. The van der Waals surface area contributed by atoms with E-state index in [1.807, 2.05) is 0 Å². The van der Waals surface area contributed by atoms with Crippen molar-refractivity contribution in [1.82, 2.24) is 0 Å². The van der Waals surface area contributed by atoms with Crippen molar-refractivity contribution in [2.75, 3.05) is 0 Å². The average Bonchev–Trinajstić information content (AvgIpc) is 2.55. The van der Waals surface area contributed by atoms with E-state index in [1.165, 1.54) is 55.5 Å². The molecule has 24 heavy (non-hydrogen) atoms. The van der Waals surface area contributed by atoms with Gasteiger partial charge in [0.05, 0.1) is 4.92 Å². The van der Waals surface area contributed by atoms with Crippen LogP contribution >= 0.6 is 0 Å². The Morgan fingerprint density at radius 1 is 1.08 bits per heavy atom. The molecule has 0 fully saturated rings. The molecule has 0 aliphatic heterocycles. The van der Waals surface area contributed by atoms with Gasteiger partial charge in [-0.25, -0.2) is 9.59 Å². The Labute approximate surface area is 136 Å². The summed E-state index contributed by atoms with van der Waals surface area (Å²) in [4.78, 5) is 33.4. The molecule has 1 N–H and O–H groups in total. The third-order valence-corrected chi connectivity index (χ3v) is 3.03. The predicted molar refractivity (Wildman–Crippen MR) is 82.2 cm³/mol. The number of ether oxygens (including phenoxy) is 2. The Morgan fingerprint density at radius 3 is 2.29 bits per heavy atom. The van der Waals surface area contributed by atoms with Gasteiger partial charge in [-0.1, -0.05) is 24.3 Å². The molecule has 2 rings (SSSR count). The average molecular weight is 331 g/mol. The molecule has 124 valence electrons. The van der Waals surface area contributed by atoms with E-state index in [4.69, 9.17) is 14.6 Å². The quantitative estimate of drug-likeness (QED) is 0.374. The smallest absolute Gasteiger partial charge is 0.352 e. The Hall–Kier alpha value is -3.42. The molecular weight excluding hydrogens is 318 g/mol. The maximum atomic E-state index is 12.1. The van der Waals surface area contributed by atoms with Crippen LogP contribution in [0.5, 0.6) is 11.5 Å². The van der Waals surface area contributed by atoms with Crippen LogP contribution in [0.15, 0.2) is 48.5 Å². The van der Waals surface area contributed by atoms with Gasteiger partial charge in [0.2, 0.25) is 0 Å². The van der Waals surface area contributed by atoms with Crippen molar-refractivity contribution in [3.63, 3.8) is 0 Å². The molecule has 0 heterocycles. The first kappa shape index (κ1) is 16.9. The van der Waals surface area contributed by atoms with E-state index in [2.05, 4.69) is 0 Å². The molecule has 1 unspecified atom stereocenters. The fourth-order valence-electron chi connectivity index (χ4n) is 1.87. The SMILES string of the molecule is CC(Oc1ccccc1[N+](=O)[O-])C(=O)Oc1ccccc1C(=O)O. The van der Waals surface area contributed by atoms with Crippen LogP contribution in [0.4, 0.5) is 5.69 Å². The lowest BCUT2D eigenvalue weighted by atomic mass is 10.2. The van der Waals surface area contributed by atoms with Gasteiger partial charge in [0, 0.05) is 6.07 Å². The molecule has 2 aromatic carbocycles. The first-order chi connectivity index (χ1) is 11.4. The zero-order chi connectivity index (χ0) is 17.7. The van der Waals surface area contributed by atoms with Crippen LogP contribution in [0.3, 0.4) is 0 Å². The highest BCUT2D eigenvalue weighted by Gasteiger charge is 2.23. The van der Waals surface area contributed by atoms with E-state index in [1.54, 1.807) is 0 Å². The van der Waals surface area contributed by atoms with Crippen LogP contribution in [-0.4, -0.2) is 28.1 Å². The van der Waals surface area contributed by atoms with E-state index >= 15 is 0 Å². The third kappa shape index (κ3) is 3.86. The number of para-hydroxylation sites is 3. The second kappa shape index (κ2) is 7.23. The molecule has 0 saturated heterocycles. The van der Waals surface area contributed by atoms with Crippen molar-refractivity contribution in [2.24, 2.45) is 0 Å². The molecule has 8 heteroatoms. The van der Waals surface area contributed by atoms with Crippen molar-refractivity contribution < 1.29 is 29.1 Å². The Kier molecular flexibility index (Phi) is 5.10. The van der Waals surface area contributed by atoms with Crippen molar-refractivity contribution in [1.29, 1.82) is 0 Å². The van der Waals surface area contributed by atoms with Crippen molar-refractivity contribution in [2.45, 2.75) is 13.0 Å². The van der Waals surface area contributed by atoms with Gasteiger partial charge in [-0.3, -0.25) is 10.1 Å². The van der Waals surface area contributed by atoms with Crippen LogP contribution in [0.2, 0.25) is 0 Å². The summed E-state index contributed by atoms with van der Waals surface area (Å²) in [6.45, 7) is 1.35. The molecule has 0 bridgehead atoms. The lowest BCUT2D eigenvalue weighted by Gasteiger charge is -2.14. The van der Waals surface area contributed by atoms with Crippen LogP contribution in [0.1, 0.15) is 17.3 Å². The highest BCUT2D eigenvalue weighted by atomic mass is 16.6. The molecule has 0 aliphatic carbocycles. The number of esters is 1. The molecule has 0 aromatic heterocycles. The summed E-state index contributed by atoms with van der Waals surface area (Å²) >= 11 is 0. The van der Waals surface area contributed by atoms with Gasteiger partial charge in [-0.2, -0.15) is 0 Å². The van der Waals surface area contributed by atoms with Gasteiger partial charge in [0.25, 0.3) is 0 Å². The van der Waals surface area contributed by atoms with E-state index < -0.39 is 23.0 Å². The third-order valence-electron chi connectivity index (χ3n) is 3.03. The first-order valence-electron chi connectivity index (χ1n) is 6.84. The fourth-order valence-corrected chi connectivity index (χ4v) is 1.87. The van der Waals surface area contributed by atoms with Gasteiger partial charge in [-0.05, 0) is 25.1 Å². The molecule has 8 nitrogen and oxygen atoms in total. The number of carboxylic acid groups (broad SMARTS) is 1. The molecule has 2 aromatic rings. The predicted octanol–water partition coefficient (Wildman–Crippen LogP) is 2.67. The highest BCUT2D eigenvalue weighted by Crippen LogP contribution is 2.27. The Bertz CT molecular complexity index is 788. The minimum Gasteiger partial charge on any atom is -0.478 e. The van der Waals surface area contributed by atoms with Gasteiger partial charge in [0.15, 0.2) is 11.9 Å². The topological polar surface area (TPSA) is 116 Å². The monoisotopic (exact) mass is 331 g/mol. The van der Waals surface area contributed by atoms with Crippen LogP contribution in [-0.2, 0) is 4.79 Å². The van der Waals surface area contributed by atoms with Crippen LogP contribution in [0.25, 0.3) is 0 Å². The molecule has 1 atom stereocenters. The molecule has 0 radical (unpaired) electrons. The number of carbonyl (C=O) groups excluding carboxylic acids is 1. The Balaban J connectivity index is 2.14. The number of carbonyl (C=O) groups is 2. The van der Waals surface area contributed by atoms with Crippen LogP contribution < -0.4 is 9.47 Å². The number of aromatic carboxylic acids is 1. The van der Waals surface area contributed by atoms with E-state index in [9.17, 15) is 19.7 Å². The van der Waals surface area contributed by atoms with E-state index in [0.29, 0.717) is 0 Å². The Morgan fingerprint density at radius 2 is 1.67 bits per heavy atom. The zero-order valence-corrected chi connectivity index (χ0v) is 12.5. The summed E-state index contributed by atoms with van der Waals surface area (Å²) in [5.41, 5.74) is -0.466. The largest absolute Gasteiger partial charge is 0.478 e. The normalized spacial score (nSPS) is 11.4. The van der Waals surface area contributed by atoms with Crippen LogP contribution in [0, 0.1) is 10.1 Å². The maximum absolute atomic E-state index is 12.1. The summed E-state index contributed by atoms with van der Waals surface area (Å²) in [7, 11) is 0. The minimum absolute atomic E-state index is 0.0848. The van der Waals surface area contributed by atoms with Gasteiger partial charge >= 0.3 is 17.6 Å². The zero-order valence-electron chi connectivity index (χ0n) is 12.5. The first-order valence-corrected chi connectivity index (χ1v) is 6.84. The standard InChI is InChI=1S/C16H13NO7/c1-10(23-14-9-5-3-7-12(14)17(21)22)16(20)24-13-8-4-2-6-11(13)15(18)19/h2-10H,1H3,(H,18,19). The summed E-state index contributed by atoms with van der Waals surface area (Å²) in [5, 5.41) is 20.0. The molecular formula is C16H13NO7. The molecule has 0 aliphatic rings. The maximum Gasteiger partial charge on any atom is 0.352 e. The van der Waals surface area contributed by atoms with Gasteiger partial charge in [-0.15, -0.1) is 0 Å². The molecule has 0 saturated carbocycles. The van der Waals surface area contributed by atoms with E-state index in [-0.39, 0.29) is 22.7 Å². The highest BCUT2D eigenvalue weighted by molar-refractivity contribution is 5.92. The second-order valence-corrected chi connectivity index (χ2v) is 4.71. The number of benzene rings is 2. The summed E-state index contributed by atoms with van der Waals surface area (Å²) in [6.07, 6.45) is -1.17. The van der Waals surface area contributed by atoms with E-state index in [0.717, 1.165) is 0 Å². The van der Waals surface area contributed by atoms with Gasteiger partial charge < -0.3 is 14.6 Å². The molecule has 0 spiro atoms. The lowest BCUT2D eigenvalue weighted by Crippen LogP contribution is -2.29. The minimum atomic E-state index is -1.24. The number of carboxylic acids is 1. The number of nitrogens with zero attached hydrogens (tertiary/aromatic N) is 1. The van der Waals surface area contributed by atoms with Gasteiger partial charge in [0.1, 0.15) is 11.3 Å². The number of hydrogen-bond acceptors (Lipinski definition) is 6. The van der Waals surface area contributed by atoms with Crippen molar-refractivity contribution in [3.05, 3.63) is 64.2 Å². The number of rotatable bonds is 6. The van der Waals surface area contributed by atoms with Crippen molar-refractivity contribution in [3.8, 4) is 11.5 Å². The summed E-state index contributed by atoms with van der Waals surface area (Å²) < 4.78 is 10.3.